The van der Waals surface area contributed by atoms with E-state index in [9.17, 15) is 0 Å². The number of nitrogens with zero attached hydrogens (tertiary/aromatic N) is 2. The van der Waals surface area contributed by atoms with E-state index in [1.165, 1.54) is 15.2 Å². The average Bonchev–Trinajstić information content (AvgIpc) is 1.61. The maximum absolute atomic E-state index is 3.84. The molecule has 0 fully saturated rings. The van der Waals surface area contributed by atoms with Crippen molar-refractivity contribution in [2.45, 2.75) is 0 Å². The Morgan fingerprint density at radius 3 is 2.00 bits per heavy atom. The highest BCUT2D eigenvalue weighted by molar-refractivity contribution is 8.14. The van der Waals surface area contributed by atoms with Crippen molar-refractivity contribution in [1.82, 2.24) is 13.0 Å². The summed E-state index contributed by atoms with van der Waals surface area (Å²) in [6.07, 6.45) is 0. The monoisotopic (exact) mass is 171 g/mol. The second-order valence-corrected chi connectivity index (χ2v) is 3.72. The summed E-state index contributed by atoms with van der Waals surface area (Å²) in [6, 6.07) is 0. The van der Waals surface area contributed by atoms with Crippen LogP contribution in [0.5, 0.6) is 0 Å². The second kappa shape index (κ2) is 4.78. The molecule has 50 valence electrons. The van der Waals surface area contributed by atoms with E-state index in [-0.39, 0.29) is 0 Å². The first-order valence-electron chi connectivity index (χ1n) is 1.90. The van der Waals surface area contributed by atoms with Gasteiger partial charge < -0.3 is 0 Å². The first-order chi connectivity index (χ1) is 3.63. The van der Waals surface area contributed by atoms with Crippen LogP contribution < -0.4 is 4.83 Å². The Balaban J connectivity index is 2.93. The third kappa shape index (κ3) is 6.93. The molecule has 0 radical (unpaired) electrons. The second-order valence-electron chi connectivity index (χ2n) is 1.33. The Bertz CT molecular complexity index is 48.5. The van der Waals surface area contributed by atoms with E-state index in [0.29, 0.717) is 0 Å². The molecular formula is C2H9N3S3. The van der Waals surface area contributed by atoms with Crippen LogP contribution in [0.15, 0.2) is 0 Å². The molecule has 0 aromatic heterocycles. The number of hydrazine groups is 1. The molecule has 0 unspecified atom stereocenters. The summed E-state index contributed by atoms with van der Waals surface area (Å²) in [5, 5.41) is 1.80. The van der Waals surface area contributed by atoms with Gasteiger partial charge in [-0.05, 0) is 0 Å². The molecule has 0 aromatic rings. The predicted octanol–water partition coefficient (Wildman–Crippen LogP) is 0.607. The van der Waals surface area contributed by atoms with Crippen LogP contribution in [0.2, 0.25) is 0 Å². The van der Waals surface area contributed by atoms with E-state index in [0.717, 1.165) is 0 Å². The van der Waals surface area contributed by atoms with Crippen molar-refractivity contribution in [2.75, 3.05) is 14.1 Å². The van der Waals surface area contributed by atoms with Gasteiger partial charge in [0.15, 0.2) is 0 Å². The molecule has 0 amide bonds. The molecular weight excluding hydrogens is 162 g/mol. The fraction of sp³-hybridized carbons (Fsp3) is 1.00. The zero-order chi connectivity index (χ0) is 6.57. The maximum atomic E-state index is 3.84. The van der Waals surface area contributed by atoms with E-state index in [1.807, 2.05) is 14.1 Å². The standard InChI is InChI=1S/C2H9N3S3/c1-4(2)3-8-5(6)7/h3,6-7H,1-2H3. The normalized spacial score (nSPS) is 11.2. The summed E-state index contributed by atoms with van der Waals surface area (Å²) in [5.41, 5.74) is 0. The van der Waals surface area contributed by atoms with Crippen molar-refractivity contribution in [1.29, 1.82) is 0 Å². The summed E-state index contributed by atoms with van der Waals surface area (Å²) in [6.45, 7) is 0. The molecule has 0 saturated heterocycles. The first-order valence-corrected chi connectivity index (χ1v) is 3.48. The van der Waals surface area contributed by atoms with Crippen LogP contribution in [0, 0.1) is 0 Å². The minimum atomic E-state index is 1.28. The molecule has 0 bridgehead atoms. The van der Waals surface area contributed by atoms with Crippen molar-refractivity contribution in [3.8, 4) is 0 Å². The first kappa shape index (κ1) is 8.93. The molecule has 0 aliphatic rings. The predicted molar refractivity (Wildman–Crippen MR) is 44.2 cm³/mol. The van der Waals surface area contributed by atoms with Gasteiger partial charge in [-0.2, -0.15) is 4.83 Å². The quantitative estimate of drug-likeness (QED) is 0.328. The Morgan fingerprint density at radius 2 is 1.88 bits per heavy atom. The van der Waals surface area contributed by atoms with Gasteiger partial charge in [-0.25, -0.2) is 5.01 Å². The summed E-state index contributed by atoms with van der Waals surface area (Å²) < 4.78 is 1.38. The smallest absolute Gasteiger partial charge is 0.0433 e. The fourth-order valence-corrected chi connectivity index (χ4v) is 0.574. The van der Waals surface area contributed by atoms with Crippen LogP contribution in [0.1, 0.15) is 0 Å². The fourth-order valence-electron chi connectivity index (χ4n) is 0.118. The van der Waals surface area contributed by atoms with Crippen molar-refractivity contribution in [3.63, 3.8) is 0 Å². The van der Waals surface area contributed by atoms with Gasteiger partial charge in [0.25, 0.3) is 0 Å². The van der Waals surface area contributed by atoms with Crippen LogP contribution in [0.25, 0.3) is 0 Å². The van der Waals surface area contributed by atoms with Gasteiger partial charge in [-0.15, -0.1) is 3.12 Å². The highest BCUT2D eigenvalue weighted by atomic mass is 32.3. The Morgan fingerprint density at radius 1 is 1.38 bits per heavy atom. The molecule has 1 N–H and O–H groups in total. The zero-order valence-corrected chi connectivity index (χ0v) is 7.30. The third-order valence-corrected chi connectivity index (χ3v) is 1.41. The van der Waals surface area contributed by atoms with Crippen molar-refractivity contribution in [2.24, 2.45) is 0 Å². The molecule has 6 heteroatoms. The highest BCUT2D eigenvalue weighted by Crippen LogP contribution is 2.09. The van der Waals surface area contributed by atoms with Crippen molar-refractivity contribution >= 4 is 37.8 Å². The number of nitrogens with one attached hydrogen (secondary N) is 1. The van der Waals surface area contributed by atoms with E-state index in [2.05, 4.69) is 30.5 Å². The number of thiol groups is 2. The molecule has 0 aliphatic heterocycles. The van der Waals surface area contributed by atoms with Gasteiger partial charge in [0.2, 0.25) is 0 Å². The molecule has 3 nitrogen and oxygen atoms in total. The largest absolute Gasteiger partial charge is 0.240 e. The Kier molecular flexibility index (Phi) is 5.33. The highest BCUT2D eigenvalue weighted by Gasteiger charge is 1.90. The third-order valence-electron chi connectivity index (χ3n) is 0.305. The molecule has 0 aliphatic carbocycles. The van der Waals surface area contributed by atoms with Crippen LogP contribution in [0.3, 0.4) is 0 Å². The molecule has 0 rings (SSSR count). The number of hydrogen-bond donors (Lipinski definition) is 3. The lowest BCUT2D eigenvalue weighted by atomic mass is 11.2. The van der Waals surface area contributed by atoms with Gasteiger partial charge in [0.05, 0.1) is 0 Å². The van der Waals surface area contributed by atoms with Crippen LogP contribution in [-0.4, -0.2) is 22.2 Å². The Hall–Kier alpha value is 0.930. The summed E-state index contributed by atoms with van der Waals surface area (Å²) >= 11 is 8.97. The molecule has 0 spiro atoms. The lowest BCUT2D eigenvalue weighted by molar-refractivity contribution is 0.384. The summed E-state index contributed by atoms with van der Waals surface area (Å²) in [4.78, 5) is 2.87. The van der Waals surface area contributed by atoms with Crippen LogP contribution in [-0.2, 0) is 0 Å². The van der Waals surface area contributed by atoms with Crippen molar-refractivity contribution < 1.29 is 0 Å². The van der Waals surface area contributed by atoms with Crippen molar-refractivity contribution in [3.05, 3.63) is 0 Å². The minimum Gasteiger partial charge on any atom is -0.240 e. The van der Waals surface area contributed by atoms with Crippen LogP contribution >= 0.6 is 37.8 Å². The van der Waals surface area contributed by atoms with E-state index in [4.69, 9.17) is 0 Å². The topological polar surface area (TPSA) is 18.5 Å². The molecule has 0 atom stereocenters. The lowest BCUT2D eigenvalue weighted by Crippen LogP contribution is -2.24. The van der Waals surface area contributed by atoms with Gasteiger partial charge >= 0.3 is 0 Å². The van der Waals surface area contributed by atoms with Gasteiger partial charge in [-0.1, -0.05) is 25.6 Å². The maximum Gasteiger partial charge on any atom is 0.0433 e. The van der Waals surface area contributed by atoms with Gasteiger partial charge in [-0.3, -0.25) is 0 Å². The molecule has 0 aromatic carbocycles. The summed E-state index contributed by atoms with van der Waals surface area (Å²) in [7, 11) is 3.77. The number of hydrogen-bond acceptors (Lipinski definition) is 6. The molecule has 0 saturated carbocycles. The van der Waals surface area contributed by atoms with Crippen LogP contribution in [0.4, 0.5) is 0 Å². The summed E-state index contributed by atoms with van der Waals surface area (Å²) in [5.74, 6) is 0. The molecule has 8 heavy (non-hydrogen) atoms. The van der Waals surface area contributed by atoms with E-state index in [1.54, 1.807) is 5.01 Å². The number of rotatable bonds is 3. The Labute approximate surface area is 65.1 Å². The minimum absolute atomic E-state index is 1.28. The van der Waals surface area contributed by atoms with Gasteiger partial charge in [0, 0.05) is 26.2 Å². The SMILES string of the molecule is CN(C)NSN(S)S. The molecule has 0 heterocycles. The zero-order valence-electron chi connectivity index (χ0n) is 4.70. The van der Waals surface area contributed by atoms with E-state index < -0.39 is 0 Å². The van der Waals surface area contributed by atoms with Gasteiger partial charge in [0.1, 0.15) is 0 Å². The average molecular weight is 171 g/mol. The van der Waals surface area contributed by atoms with E-state index >= 15 is 0 Å². The lowest BCUT2D eigenvalue weighted by Gasteiger charge is -2.11.